The Morgan fingerprint density at radius 1 is 1.36 bits per heavy atom. The van der Waals surface area contributed by atoms with E-state index in [-0.39, 0.29) is 34.9 Å². The van der Waals surface area contributed by atoms with Crippen molar-refractivity contribution in [2.45, 2.75) is 32.7 Å². The molecule has 2 heterocycles. The molecule has 1 aromatic heterocycles. The zero-order chi connectivity index (χ0) is 18.6. The van der Waals surface area contributed by atoms with E-state index in [1.54, 1.807) is 0 Å². The maximum Gasteiger partial charge on any atom is 0.354 e. The number of carboxylic acid groups (broad SMARTS) is 1. The Morgan fingerprint density at radius 2 is 2.00 bits per heavy atom. The molecular weight excluding hydrogens is 346 g/mol. The van der Waals surface area contributed by atoms with Gasteiger partial charge in [0, 0.05) is 30.9 Å². The van der Waals surface area contributed by atoms with Gasteiger partial charge in [0.2, 0.25) is 10.0 Å². The molecule has 0 radical (unpaired) electrons. The predicted molar refractivity (Wildman–Crippen MR) is 91.9 cm³/mol. The quantitative estimate of drug-likeness (QED) is 0.771. The number of carbonyl (C=O) groups excluding carboxylic acids is 1. The molecule has 0 atom stereocenters. The van der Waals surface area contributed by atoms with E-state index in [2.05, 4.69) is 10.3 Å². The third-order valence-electron chi connectivity index (χ3n) is 3.97. The topological polar surface area (TPSA) is 117 Å². The first-order chi connectivity index (χ1) is 11.7. The minimum Gasteiger partial charge on any atom is -0.477 e. The van der Waals surface area contributed by atoms with Gasteiger partial charge in [0.25, 0.3) is 5.91 Å². The Kier molecular flexibility index (Phi) is 6.12. The average Bonchev–Trinajstić information content (AvgIpc) is 2.54. The second-order valence-corrected chi connectivity index (χ2v) is 8.57. The Balaban J connectivity index is 1.93. The van der Waals surface area contributed by atoms with E-state index in [1.165, 1.54) is 22.6 Å². The number of aromatic carboxylic acids is 1. The highest BCUT2D eigenvalue weighted by molar-refractivity contribution is 7.89. The fourth-order valence-electron chi connectivity index (χ4n) is 2.76. The number of piperidine rings is 1. The van der Waals surface area contributed by atoms with Crippen LogP contribution < -0.4 is 5.32 Å². The molecule has 1 aliphatic rings. The van der Waals surface area contributed by atoms with Crippen molar-refractivity contribution in [2.75, 3.05) is 18.8 Å². The lowest BCUT2D eigenvalue weighted by molar-refractivity contribution is 0.0690. The van der Waals surface area contributed by atoms with E-state index >= 15 is 0 Å². The SMILES string of the molecule is CC(C)CS(=O)(=O)N1CCC(NC(=O)c2ccnc(C(=O)O)c2)CC1. The van der Waals surface area contributed by atoms with Crippen LogP contribution >= 0.6 is 0 Å². The Bertz CT molecular complexity index is 740. The van der Waals surface area contributed by atoms with E-state index in [4.69, 9.17) is 5.11 Å². The highest BCUT2D eigenvalue weighted by Gasteiger charge is 2.29. The summed E-state index contributed by atoms with van der Waals surface area (Å²) in [7, 11) is -3.25. The minimum absolute atomic E-state index is 0.0672. The van der Waals surface area contributed by atoms with E-state index in [0.29, 0.717) is 25.9 Å². The highest BCUT2D eigenvalue weighted by Crippen LogP contribution is 2.17. The first-order valence-corrected chi connectivity index (χ1v) is 9.78. The third kappa shape index (κ3) is 5.23. The van der Waals surface area contributed by atoms with Crippen molar-refractivity contribution in [1.82, 2.24) is 14.6 Å². The standard InChI is InChI=1S/C16H23N3O5S/c1-11(2)10-25(23,24)19-7-4-13(5-8-19)18-15(20)12-3-6-17-14(9-12)16(21)22/h3,6,9,11,13H,4-5,7-8,10H2,1-2H3,(H,18,20)(H,21,22). The number of pyridine rings is 1. The molecule has 2 rings (SSSR count). The molecule has 0 bridgehead atoms. The molecule has 0 spiro atoms. The number of rotatable bonds is 6. The van der Waals surface area contributed by atoms with E-state index in [0.717, 1.165) is 0 Å². The van der Waals surface area contributed by atoms with Crippen molar-refractivity contribution in [3.05, 3.63) is 29.6 Å². The second kappa shape index (κ2) is 7.92. The molecule has 138 valence electrons. The van der Waals surface area contributed by atoms with Crippen molar-refractivity contribution in [2.24, 2.45) is 5.92 Å². The number of sulfonamides is 1. The molecule has 2 N–H and O–H groups in total. The van der Waals surface area contributed by atoms with Gasteiger partial charge >= 0.3 is 5.97 Å². The van der Waals surface area contributed by atoms with Crippen LogP contribution in [0.5, 0.6) is 0 Å². The molecule has 1 fully saturated rings. The number of aromatic nitrogens is 1. The summed E-state index contributed by atoms with van der Waals surface area (Å²) in [4.78, 5) is 26.8. The van der Waals surface area contributed by atoms with Gasteiger partial charge in [-0.05, 0) is 30.9 Å². The summed E-state index contributed by atoms with van der Waals surface area (Å²) in [5, 5.41) is 11.8. The van der Waals surface area contributed by atoms with Crippen molar-refractivity contribution in [3.63, 3.8) is 0 Å². The molecular formula is C16H23N3O5S. The lowest BCUT2D eigenvalue weighted by atomic mass is 10.1. The molecule has 1 aromatic rings. The van der Waals surface area contributed by atoms with Crippen LogP contribution in [0, 0.1) is 5.92 Å². The van der Waals surface area contributed by atoms with Gasteiger partial charge in [0.1, 0.15) is 5.69 Å². The Labute approximate surface area is 147 Å². The van der Waals surface area contributed by atoms with Crippen LogP contribution in [0.15, 0.2) is 18.3 Å². The summed E-state index contributed by atoms with van der Waals surface area (Å²) in [5.74, 6) is -1.39. The van der Waals surface area contributed by atoms with Crippen LogP contribution in [-0.2, 0) is 10.0 Å². The number of hydrogen-bond acceptors (Lipinski definition) is 5. The van der Waals surface area contributed by atoms with Crippen LogP contribution in [0.25, 0.3) is 0 Å². The van der Waals surface area contributed by atoms with Crippen LogP contribution in [0.4, 0.5) is 0 Å². The lowest BCUT2D eigenvalue weighted by Crippen LogP contribution is -2.47. The molecule has 25 heavy (non-hydrogen) atoms. The van der Waals surface area contributed by atoms with E-state index < -0.39 is 16.0 Å². The molecule has 0 unspecified atom stereocenters. The number of carboxylic acids is 1. The van der Waals surface area contributed by atoms with Crippen molar-refractivity contribution < 1.29 is 23.1 Å². The van der Waals surface area contributed by atoms with E-state index in [9.17, 15) is 18.0 Å². The van der Waals surface area contributed by atoms with Crippen LogP contribution in [-0.4, -0.2) is 59.6 Å². The predicted octanol–water partition coefficient (Wildman–Crippen LogP) is 0.960. The number of amides is 1. The Morgan fingerprint density at radius 3 is 2.56 bits per heavy atom. The van der Waals surface area contributed by atoms with Crippen LogP contribution in [0.3, 0.4) is 0 Å². The van der Waals surface area contributed by atoms with Crippen molar-refractivity contribution in [1.29, 1.82) is 0 Å². The molecule has 1 aliphatic heterocycles. The van der Waals surface area contributed by atoms with Gasteiger partial charge in [0.05, 0.1) is 5.75 Å². The van der Waals surface area contributed by atoms with Gasteiger partial charge < -0.3 is 10.4 Å². The normalized spacial score (nSPS) is 16.8. The van der Waals surface area contributed by atoms with Gasteiger partial charge in [-0.2, -0.15) is 0 Å². The summed E-state index contributed by atoms with van der Waals surface area (Å²) in [5.41, 5.74) is 0.0320. The number of carbonyl (C=O) groups is 2. The summed E-state index contributed by atoms with van der Waals surface area (Å²) in [6, 6.07) is 2.53. The van der Waals surface area contributed by atoms with Gasteiger partial charge in [-0.1, -0.05) is 13.8 Å². The summed E-state index contributed by atoms with van der Waals surface area (Å²) < 4.78 is 25.9. The van der Waals surface area contributed by atoms with Crippen LogP contribution in [0.2, 0.25) is 0 Å². The van der Waals surface area contributed by atoms with Crippen molar-refractivity contribution >= 4 is 21.9 Å². The second-order valence-electron chi connectivity index (χ2n) is 6.55. The lowest BCUT2D eigenvalue weighted by Gasteiger charge is -2.32. The highest BCUT2D eigenvalue weighted by atomic mass is 32.2. The van der Waals surface area contributed by atoms with Gasteiger partial charge in [-0.3, -0.25) is 4.79 Å². The van der Waals surface area contributed by atoms with E-state index in [1.807, 2.05) is 13.8 Å². The molecule has 1 saturated heterocycles. The maximum absolute atomic E-state index is 12.2. The minimum atomic E-state index is -3.25. The summed E-state index contributed by atoms with van der Waals surface area (Å²) in [6.07, 6.45) is 2.33. The largest absolute Gasteiger partial charge is 0.477 e. The molecule has 8 nitrogen and oxygen atoms in total. The van der Waals surface area contributed by atoms with Gasteiger partial charge in [0.15, 0.2) is 0 Å². The Hall–Kier alpha value is -2.00. The monoisotopic (exact) mass is 369 g/mol. The summed E-state index contributed by atoms with van der Waals surface area (Å²) in [6.45, 7) is 4.47. The smallest absolute Gasteiger partial charge is 0.354 e. The van der Waals surface area contributed by atoms with Gasteiger partial charge in [-0.15, -0.1) is 0 Å². The first-order valence-electron chi connectivity index (χ1n) is 8.17. The maximum atomic E-state index is 12.2. The zero-order valence-electron chi connectivity index (χ0n) is 14.3. The number of nitrogens with zero attached hydrogens (tertiary/aromatic N) is 2. The number of hydrogen-bond donors (Lipinski definition) is 2. The fourth-order valence-corrected chi connectivity index (χ4v) is 4.58. The number of nitrogens with one attached hydrogen (secondary N) is 1. The average molecular weight is 369 g/mol. The molecule has 0 aliphatic carbocycles. The van der Waals surface area contributed by atoms with Crippen LogP contribution in [0.1, 0.15) is 47.5 Å². The molecule has 9 heteroatoms. The fraction of sp³-hybridized carbons (Fsp3) is 0.562. The molecule has 0 aromatic carbocycles. The first kappa shape index (κ1) is 19.3. The summed E-state index contributed by atoms with van der Waals surface area (Å²) >= 11 is 0. The van der Waals surface area contributed by atoms with Crippen molar-refractivity contribution in [3.8, 4) is 0 Å². The molecule has 0 saturated carbocycles. The van der Waals surface area contributed by atoms with Gasteiger partial charge in [-0.25, -0.2) is 22.5 Å². The molecule has 1 amide bonds. The third-order valence-corrected chi connectivity index (χ3v) is 6.21. The zero-order valence-corrected chi connectivity index (χ0v) is 15.1.